The lowest BCUT2D eigenvalue weighted by molar-refractivity contribution is -0.134. The van der Waals surface area contributed by atoms with Crippen molar-refractivity contribution in [3.05, 3.63) is 35.4 Å². The monoisotopic (exact) mass is 346 g/mol. The second kappa shape index (κ2) is 8.48. The molecule has 138 valence electrons. The summed E-state index contributed by atoms with van der Waals surface area (Å²) in [6.45, 7) is 10.1. The fourth-order valence-corrected chi connectivity index (χ4v) is 2.92. The highest BCUT2D eigenvalue weighted by molar-refractivity contribution is 5.79. The van der Waals surface area contributed by atoms with E-state index in [-0.39, 0.29) is 23.3 Å². The molecule has 1 aromatic rings. The van der Waals surface area contributed by atoms with Gasteiger partial charge in [0.05, 0.1) is 12.2 Å². The van der Waals surface area contributed by atoms with Crippen LogP contribution in [0.5, 0.6) is 0 Å². The molecule has 5 heteroatoms. The molecule has 1 saturated heterocycles. The van der Waals surface area contributed by atoms with Crippen LogP contribution in [0.25, 0.3) is 0 Å². The lowest BCUT2D eigenvalue weighted by Gasteiger charge is -2.30. The molecular weight excluding hydrogens is 316 g/mol. The minimum atomic E-state index is -0.168. The number of piperidine rings is 1. The number of amides is 2. The number of nitrogens with one attached hydrogen (secondary N) is 1. The Morgan fingerprint density at radius 3 is 2.44 bits per heavy atom. The van der Waals surface area contributed by atoms with Gasteiger partial charge in [0.15, 0.2) is 0 Å². The molecular formula is C20H30N2O3. The maximum Gasteiger partial charge on any atom is 0.223 e. The highest BCUT2D eigenvalue weighted by atomic mass is 16.5. The second-order valence-corrected chi connectivity index (χ2v) is 7.72. The molecule has 2 rings (SSSR count). The first-order valence-corrected chi connectivity index (χ1v) is 8.99. The Hall–Kier alpha value is -1.88. The van der Waals surface area contributed by atoms with Crippen LogP contribution in [-0.4, -0.2) is 35.4 Å². The zero-order chi connectivity index (χ0) is 18.4. The first-order chi connectivity index (χ1) is 11.7. The topological polar surface area (TPSA) is 58.6 Å². The van der Waals surface area contributed by atoms with Crippen LogP contribution in [-0.2, 0) is 27.5 Å². The van der Waals surface area contributed by atoms with Gasteiger partial charge in [0, 0.05) is 32.5 Å². The molecule has 2 amide bonds. The third kappa shape index (κ3) is 6.50. The molecule has 1 aliphatic heterocycles. The second-order valence-electron chi connectivity index (χ2n) is 7.72. The zero-order valence-electron chi connectivity index (χ0n) is 15.8. The predicted octanol–water partition coefficient (Wildman–Crippen LogP) is 2.88. The lowest BCUT2D eigenvalue weighted by Crippen LogP contribution is -2.42. The van der Waals surface area contributed by atoms with Crippen molar-refractivity contribution in [1.82, 2.24) is 10.2 Å². The maximum absolute atomic E-state index is 12.4. The number of likely N-dealkylation sites (tertiary alicyclic amines) is 1. The molecule has 0 bridgehead atoms. The minimum Gasteiger partial charge on any atom is -0.371 e. The van der Waals surface area contributed by atoms with Crippen LogP contribution in [0.3, 0.4) is 0 Å². The first kappa shape index (κ1) is 19.4. The summed E-state index contributed by atoms with van der Waals surface area (Å²) in [6.07, 6.45) is 1.48. The minimum absolute atomic E-state index is 0.00278. The number of hydrogen-bond acceptors (Lipinski definition) is 3. The fraction of sp³-hybridized carbons (Fsp3) is 0.600. The molecule has 5 nitrogen and oxygen atoms in total. The van der Waals surface area contributed by atoms with Crippen molar-refractivity contribution in [3.8, 4) is 0 Å². The molecule has 1 N–H and O–H groups in total. The van der Waals surface area contributed by atoms with Gasteiger partial charge in [-0.3, -0.25) is 9.59 Å². The number of carbonyl (C=O) groups is 2. The molecule has 0 unspecified atom stereocenters. The van der Waals surface area contributed by atoms with Crippen molar-refractivity contribution in [1.29, 1.82) is 0 Å². The van der Waals surface area contributed by atoms with Gasteiger partial charge in [-0.15, -0.1) is 0 Å². The van der Waals surface area contributed by atoms with Crippen molar-refractivity contribution in [3.63, 3.8) is 0 Å². The summed E-state index contributed by atoms with van der Waals surface area (Å²) in [5.74, 6) is 0.177. The Morgan fingerprint density at radius 1 is 1.20 bits per heavy atom. The molecule has 0 saturated carbocycles. The van der Waals surface area contributed by atoms with Gasteiger partial charge in [-0.2, -0.15) is 0 Å². The SMILES string of the molecule is CC(=O)N1CCC(C(=O)NCc2cccc(COC(C)(C)C)c2)CC1. The Balaban J connectivity index is 1.81. The Labute approximate surface area is 150 Å². The smallest absolute Gasteiger partial charge is 0.223 e. The number of rotatable bonds is 5. The normalized spacial score (nSPS) is 15.9. The first-order valence-electron chi connectivity index (χ1n) is 8.99. The summed E-state index contributed by atoms with van der Waals surface area (Å²) in [5.41, 5.74) is 2.01. The van der Waals surface area contributed by atoms with Crippen molar-refractivity contribution in [2.24, 2.45) is 5.92 Å². The average Bonchev–Trinajstić information content (AvgIpc) is 2.58. The van der Waals surface area contributed by atoms with Gasteiger partial charge >= 0.3 is 0 Å². The van der Waals surface area contributed by atoms with E-state index in [9.17, 15) is 9.59 Å². The van der Waals surface area contributed by atoms with Crippen LogP contribution in [0.15, 0.2) is 24.3 Å². The number of carbonyl (C=O) groups excluding carboxylic acids is 2. The summed E-state index contributed by atoms with van der Waals surface area (Å²) < 4.78 is 5.80. The number of nitrogens with zero attached hydrogens (tertiary/aromatic N) is 1. The quantitative estimate of drug-likeness (QED) is 0.892. The van der Waals surface area contributed by atoms with Gasteiger partial charge < -0.3 is 15.0 Å². The van der Waals surface area contributed by atoms with Crippen LogP contribution in [0.2, 0.25) is 0 Å². The largest absolute Gasteiger partial charge is 0.371 e. The van der Waals surface area contributed by atoms with Crippen molar-refractivity contribution in [2.45, 2.75) is 59.3 Å². The van der Waals surface area contributed by atoms with Gasteiger partial charge in [-0.1, -0.05) is 24.3 Å². The molecule has 25 heavy (non-hydrogen) atoms. The van der Waals surface area contributed by atoms with Crippen LogP contribution in [0, 0.1) is 5.92 Å². The summed E-state index contributed by atoms with van der Waals surface area (Å²) in [5, 5.41) is 3.03. The van der Waals surface area contributed by atoms with E-state index < -0.39 is 0 Å². The van der Waals surface area contributed by atoms with Crippen LogP contribution in [0.4, 0.5) is 0 Å². The summed E-state index contributed by atoms with van der Waals surface area (Å²) in [7, 11) is 0. The highest BCUT2D eigenvalue weighted by Crippen LogP contribution is 2.18. The standard InChI is InChI=1S/C20H30N2O3/c1-15(23)22-10-8-18(9-11-22)19(24)21-13-16-6-5-7-17(12-16)14-25-20(2,3)4/h5-7,12,18H,8-11,13-14H2,1-4H3,(H,21,24). The fourth-order valence-electron chi connectivity index (χ4n) is 2.92. The molecule has 1 aromatic carbocycles. The molecule has 0 spiro atoms. The van der Waals surface area contributed by atoms with Crippen molar-refractivity contribution in [2.75, 3.05) is 13.1 Å². The third-order valence-corrected chi connectivity index (χ3v) is 4.44. The van der Waals surface area contributed by atoms with E-state index in [1.54, 1.807) is 6.92 Å². The Bertz CT molecular complexity index is 599. The van der Waals surface area contributed by atoms with E-state index in [2.05, 4.69) is 11.4 Å². The predicted molar refractivity (Wildman–Crippen MR) is 97.8 cm³/mol. The number of benzene rings is 1. The van der Waals surface area contributed by atoms with Crippen LogP contribution < -0.4 is 5.32 Å². The van der Waals surface area contributed by atoms with Gasteiger partial charge in [0.25, 0.3) is 0 Å². The maximum atomic E-state index is 12.4. The highest BCUT2D eigenvalue weighted by Gasteiger charge is 2.25. The molecule has 0 atom stereocenters. The van der Waals surface area contributed by atoms with E-state index in [1.807, 2.05) is 43.9 Å². The molecule has 1 fully saturated rings. The third-order valence-electron chi connectivity index (χ3n) is 4.44. The van der Waals surface area contributed by atoms with E-state index in [1.165, 1.54) is 0 Å². The van der Waals surface area contributed by atoms with E-state index in [4.69, 9.17) is 4.74 Å². The van der Waals surface area contributed by atoms with Gasteiger partial charge in [0.2, 0.25) is 11.8 Å². The van der Waals surface area contributed by atoms with Gasteiger partial charge in [0.1, 0.15) is 0 Å². The lowest BCUT2D eigenvalue weighted by atomic mass is 9.96. The van der Waals surface area contributed by atoms with Crippen LogP contribution >= 0.6 is 0 Å². The Morgan fingerprint density at radius 2 is 1.84 bits per heavy atom. The van der Waals surface area contributed by atoms with Crippen molar-refractivity contribution >= 4 is 11.8 Å². The van der Waals surface area contributed by atoms with Gasteiger partial charge in [-0.05, 0) is 44.7 Å². The van der Waals surface area contributed by atoms with E-state index >= 15 is 0 Å². The molecule has 0 aromatic heterocycles. The van der Waals surface area contributed by atoms with E-state index in [0.717, 1.165) is 24.0 Å². The van der Waals surface area contributed by atoms with Gasteiger partial charge in [-0.25, -0.2) is 0 Å². The van der Waals surface area contributed by atoms with E-state index in [0.29, 0.717) is 26.2 Å². The molecule has 1 heterocycles. The van der Waals surface area contributed by atoms with Crippen LogP contribution in [0.1, 0.15) is 51.7 Å². The molecule has 1 aliphatic rings. The summed E-state index contributed by atoms with van der Waals surface area (Å²) >= 11 is 0. The average molecular weight is 346 g/mol. The number of ether oxygens (including phenoxy) is 1. The summed E-state index contributed by atoms with van der Waals surface area (Å²) in [6, 6.07) is 8.12. The number of hydrogen-bond donors (Lipinski definition) is 1. The van der Waals surface area contributed by atoms with Crippen molar-refractivity contribution < 1.29 is 14.3 Å². The summed E-state index contributed by atoms with van der Waals surface area (Å²) in [4.78, 5) is 25.5. The molecule has 0 radical (unpaired) electrons. The zero-order valence-corrected chi connectivity index (χ0v) is 15.8. The molecule has 0 aliphatic carbocycles. The Kier molecular flexibility index (Phi) is 6.59.